The van der Waals surface area contributed by atoms with E-state index < -0.39 is 10.0 Å². The van der Waals surface area contributed by atoms with E-state index in [1.54, 1.807) is 11.2 Å². The first-order chi connectivity index (χ1) is 9.01. The highest BCUT2D eigenvalue weighted by Gasteiger charge is 2.28. The summed E-state index contributed by atoms with van der Waals surface area (Å²) in [5, 5.41) is 3.68. The van der Waals surface area contributed by atoms with Gasteiger partial charge in [-0.15, -0.1) is 0 Å². The van der Waals surface area contributed by atoms with Gasteiger partial charge in [0.25, 0.3) is 0 Å². The predicted octanol–water partition coefficient (Wildman–Crippen LogP) is 0.958. The Morgan fingerprint density at radius 3 is 2.47 bits per heavy atom. The van der Waals surface area contributed by atoms with Crippen LogP contribution in [0.5, 0.6) is 0 Å². The van der Waals surface area contributed by atoms with Gasteiger partial charge < -0.3 is 10.1 Å². The van der Waals surface area contributed by atoms with E-state index in [9.17, 15) is 8.42 Å². The molecular formula is C13H26N2O3S. The fourth-order valence-corrected chi connectivity index (χ4v) is 4.10. The van der Waals surface area contributed by atoms with E-state index in [0.717, 1.165) is 32.3 Å². The summed E-state index contributed by atoms with van der Waals surface area (Å²) in [6, 6.07) is 0.988. The molecule has 5 nitrogen and oxygen atoms in total. The third kappa shape index (κ3) is 4.15. The lowest BCUT2D eigenvalue weighted by Crippen LogP contribution is -2.49. The largest absolute Gasteiger partial charge is 0.378 e. The molecule has 0 spiro atoms. The molecule has 0 saturated carbocycles. The molecule has 0 amide bonds. The topological polar surface area (TPSA) is 58.6 Å². The Balaban J connectivity index is 1.77. The van der Waals surface area contributed by atoms with Crippen LogP contribution < -0.4 is 5.32 Å². The maximum absolute atomic E-state index is 11.8. The van der Waals surface area contributed by atoms with Crippen LogP contribution in [0, 0.1) is 0 Å². The first kappa shape index (κ1) is 15.2. The van der Waals surface area contributed by atoms with Crippen molar-refractivity contribution in [1.29, 1.82) is 0 Å². The molecule has 2 atom stereocenters. The third-order valence-corrected chi connectivity index (χ3v) is 6.05. The number of nitrogens with one attached hydrogen (secondary N) is 1. The Morgan fingerprint density at radius 2 is 1.89 bits per heavy atom. The van der Waals surface area contributed by atoms with Crippen molar-refractivity contribution in [2.45, 2.75) is 57.7 Å². The van der Waals surface area contributed by atoms with Crippen LogP contribution in [0.1, 0.15) is 39.5 Å². The Hall–Kier alpha value is -0.170. The minimum absolute atomic E-state index is 0.211. The SMILES string of the molecule is CCS(=O)(=O)N1CCC(NC2CCOC(C)C2)CC1. The van der Waals surface area contributed by atoms with Crippen LogP contribution in [0.15, 0.2) is 0 Å². The van der Waals surface area contributed by atoms with Crippen LogP contribution in [0.2, 0.25) is 0 Å². The van der Waals surface area contributed by atoms with Crippen molar-refractivity contribution in [2.24, 2.45) is 0 Å². The second kappa shape index (κ2) is 6.52. The van der Waals surface area contributed by atoms with Gasteiger partial charge in [-0.2, -0.15) is 0 Å². The molecule has 6 heteroatoms. The van der Waals surface area contributed by atoms with Crippen LogP contribution in [0.25, 0.3) is 0 Å². The molecule has 2 unspecified atom stereocenters. The van der Waals surface area contributed by atoms with Gasteiger partial charge in [0, 0.05) is 31.8 Å². The van der Waals surface area contributed by atoms with Crippen LogP contribution in [0.4, 0.5) is 0 Å². The van der Waals surface area contributed by atoms with Gasteiger partial charge in [-0.1, -0.05) is 0 Å². The van der Waals surface area contributed by atoms with E-state index in [1.165, 1.54) is 0 Å². The molecule has 0 aromatic carbocycles. The lowest BCUT2D eigenvalue weighted by molar-refractivity contribution is 0.0101. The zero-order valence-electron chi connectivity index (χ0n) is 12.0. The van der Waals surface area contributed by atoms with Gasteiger partial charge in [0.15, 0.2) is 0 Å². The van der Waals surface area contributed by atoms with Crippen molar-refractivity contribution < 1.29 is 13.2 Å². The quantitative estimate of drug-likeness (QED) is 0.838. The average Bonchev–Trinajstić information content (AvgIpc) is 2.39. The van der Waals surface area contributed by atoms with E-state index in [-0.39, 0.29) is 5.75 Å². The van der Waals surface area contributed by atoms with Crippen molar-refractivity contribution >= 4 is 10.0 Å². The fourth-order valence-electron chi connectivity index (χ4n) is 2.97. The monoisotopic (exact) mass is 290 g/mol. The summed E-state index contributed by atoms with van der Waals surface area (Å²) < 4.78 is 30.7. The van der Waals surface area contributed by atoms with E-state index in [0.29, 0.717) is 31.3 Å². The summed E-state index contributed by atoms with van der Waals surface area (Å²) in [6.07, 6.45) is 4.31. The average molecular weight is 290 g/mol. The van der Waals surface area contributed by atoms with E-state index in [4.69, 9.17) is 4.74 Å². The molecule has 0 bridgehead atoms. The smallest absolute Gasteiger partial charge is 0.213 e. The number of ether oxygens (including phenoxy) is 1. The van der Waals surface area contributed by atoms with Crippen LogP contribution in [-0.2, 0) is 14.8 Å². The van der Waals surface area contributed by atoms with Gasteiger partial charge in [0.2, 0.25) is 10.0 Å². The Labute approximate surface area is 116 Å². The Morgan fingerprint density at radius 1 is 1.21 bits per heavy atom. The zero-order valence-corrected chi connectivity index (χ0v) is 12.8. The van der Waals surface area contributed by atoms with Crippen molar-refractivity contribution in [2.75, 3.05) is 25.4 Å². The molecule has 0 aromatic heterocycles. The van der Waals surface area contributed by atoms with Crippen molar-refractivity contribution in [3.8, 4) is 0 Å². The summed E-state index contributed by atoms with van der Waals surface area (Å²) in [5.41, 5.74) is 0. The molecular weight excluding hydrogens is 264 g/mol. The van der Waals surface area contributed by atoms with Gasteiger partial charge in [0.05, 0.1) is 11.9 Å². The first-order valence-corrected chi connectivity index (χ1v) is 8.97. The van der Waals surface area contributed by atoms with Crippen molar-refractivity contribution in [1.82, 2.24) is 9.62 Å². The molecule has 2 heterocycles. The maximum Gasteiger partial charge on any atom is 0.213 e. The summed E-state index contributed by atoms with van der Waals surface area (Å²) in [4.78, 5) is 0. The first-order valence-electron chi connectivity index (χ1n) is 7.36. The van der Waals surface area contributed by atoms with Crippen LogP contribution >= 0.6 is 0 Å². The number of hydrogen-bond acceptors (Lipinski definition) is 4. The molecule has 1 N–H and O–H groups in total. The van der Waals surface area contributed by atoms with Crippen molar-refractivity contribution in [3.63, 3.8) is 0 Å². The fraction of sp³-hybridized carbons (Fsp3) is 1.00. The molecule has 2 rings (SSSR count). The number of hydrogen-bond donors (Lipinski definition) is 1. The Kier molecular flexibility index (Phi) is 5.22. The zero-order chi connectivity index (χ0) is 13.9. The summed E-state index contributed by atoms with van der Waals surface area (Å²) >= 11 is 0. The maximum atomic E-state index is 11.8. The minimum atomic E-state index is -3.00. The highest BCUT2D eigenvalue weighted by Crippen LogP contribution is 2.18. The Bertz CT molecular complexity index is 377. The van der Waals surface area contributed by atoms with E-state index >= 15 is 0 Å². The molecule has 19 heavy (non-hydrogen) atoms. The summed E-state index contributed by atoms with van der Waals surface area (Å²) in [6.45, 7) is 5.98. The lowest BCUT2D eigenvalue weighted by Gasteiger charge is -2.36. The standard InChI is InChI=1S/C13H26N2O3S/c1-3-19(16,17)15-7-4-12(5-8-15)14-13-6-9-18-11(2)10-13/h11-14H,3-10H2,1-2H3. The highest BCUT2D eigenvalue weighted by molar-refractivity contribution is 7.89. The van der Waals surface area contributed by atoms with Crippen molar-refractivity contribution in [3.05, 3.63) is 0 Å². The molecule has 2 aliphatic heterocycles. The summed E-state index contributed by atoms with van der Waals surface area (Å²) in [7, 11) is -3.00. The molecule has 0 aliphatic carbocycles. The van der Waals surface area contributed by atoms with Crippen LogP contribution in [-0.4, -0.2) is 56.4 Å². The number of sulfonamides is 1. The molecule has 112 valence electrons. The van der Waals surface area contributed by atoms with Gasteiger partial charge >= 0.3 is 0 Å². The predicted molar refractivity (Wildman–Crippen MR) is 75.6 cm³/mol. The second-order valence-electron chi connectivity index (χ2n) is 5.64. The molecule has 2 fully saturated rings. The van der Waals surface area contributed by atoms with Gasteiger partial charge in [-0.25, -0.2) is 12.7 Å². The molecule has 0 aromatic rings. The van der Waals surface area contributed by atoms with Gasteiger partial charge in [-0.05, 0) is 39.5 Å². The molecule has 2 saturated heterocycles. The number of rotatable bonds is 4. The lowest BCUT2D eigenvalue weighted by atomic mass is 10.00. The van der Waals surface area contributed by atoms with E-state index in [2.05, 4.69) is 12.2 Å². The summed E-state index contributed by atoms with van der Waals surface area (Å²) in [5.74, 6) is 0.211. The third-order valence-electron chi connectivity index (χ3n) is 4.17. The minimum Gasteiger partial charge on any atom is -0.378 e. The van der Waals surface area contributed by atoms with Gasteiger partial charge in [-0.3, -0.25) is 0 Å². The second-order valence-corrected chi connectivity index (χ2v) is 7.90. The molecule has 0 radical (unpaired) electrons. The molecule has 2 aliphatic rings. The van der Waals surface area contributed by atoms with Crippen LogP contribution in [0.3, 0.4) is 0 Å². The number of nitrogens with zero attached hydrogens (tertiary/aromatic N) is 1. The number of piperidine rings is 1. The normalized spacial score (nSPS) is 31.5. The highest BCUT2D eigenvalue weighted by atomic mass is 32.2. The van der Waals surface area contributed by atoms with Gasteiger partial charge in [0.1, 0.15) is 0 Å². The van der Waals surface area contributed by atoms with E-state index in [1.807, 2.05) is 0 Å².